The van der Waals surface area contributed by atoms with Crippen LogP contribution in [-0.2, 0) is 0 Å². The third-order valence-electron chi connectivity index (χ3n) is 1.56. The molecule has 0 aliphatic heterocycles. The lowest BCUT2D eigenvalue weighted by molar-refractivity contribution is -0.274. The smallest absolute Gasteiger partial charge is 0.494 e. The van der Waals surface area contributed by atoms with E-state index in [-0.39, 0.29) is 9.45 Å². The van der Waals surface area contributed by atoms with Crippen LogP contribution in [0.1, 0.15) is 10.5 Å². The second-order valence-electron chi connectivity index (χ2n) is 2.68. The lowest BCUT2D eigenvalue weighted by Gasteiger charge is -2.12. The zero-order valence-electron chi connectivity index (χ0n) is 8.21. The Bertz CT molecular complexity index is 449. The number of alkyl halides is 3. The predicted molar refractivity (Wildman–Crippen MR) is 57.1 cm³/mol. The first-order chi connectivity index (χ1) is 7.74. The van der Waals surface area contributed by atoms with Gasteiger partial charge in [-0.25, -0.2) is 9.78 Å². The molecule has 0 fully saturated rings. The number of carboxylic acid groups (broad SMARTS) is 1. The molecule has 0 unspecified atom stereocenters. The molecule has 1 aromatic rings. The number of halogens is 4. The maximum absolute atomic E-state index is 12.0. The Kier molecular flexibility index (Phi) is 4.01. The number of hydrogen-bond acceptors (Lipinski definition) is 4. The quantitative estimate of drug-likeness (QED) is 0.660. The van der Waals surface area contributed by atoms with Gasteiger partial charge in [0.25, 0.3) is 0 Å². The molecule has 17 heavy (non-hydrogen) atoms. The van der Waals surface area contributed by atoms with Crippen LogP contribution in [0.25, 0.3) is 0 Å². The second kappa shape index (κ2) is 4.94. The molecule has 0 aromatic carbocycles. The molecule has 0 spiro atoms. The third kappa shape index (κ3) is 3.61. The first kappa shape index (κ1) is 13.8. The normalized spacial score (nSPS) is 11.1. The van der Waals surface area contributed by atoms with Crippen molar-refractivity contribution in [3.63, 3.8) is 0 Å². The molecular weight excluding hydrogens is 358 g/mol. The van der Waals surface area contributed by atoms with Gasteiger partial charge in [-0.2, -0.15) is 0 Å². The molecule has 0 saturated carbocycles. The molecule has 0 aliphatic rings. The first-order valence-corrected chi connectivity index (χ1v) is 5.06. The van der Waals surface area contributed by atoms with E-state index in [9.17, 15) is 18.0 Å². The van der Waals surface area contributed by atoms with E-state index < -0.39 is 23.8 Å². The van der Waals surface area contributed by atoms with Gasteiger partial charge in [0, 0.05) is 6.07 Å². The van der Waals surface area contributed by atoms with Crippen molar-refractivity contribution in [1.29, 1.82) is 0 Å². The maximum Gasteiger partial charge on any atom is 0.573 e. The zero-order chi connectivity index (χ0) is 13.2. The SMILES string of the molecule is COc1cc(OC(F)(F)F)c(C(=O)O)nc1I. The third-order valence-corrected chi connectivity index (χ3v) is 2.33. The van der Waals surface area contributed by atoms with Crippen LogP contribution < -0.4 is 9.47 Å². The van der Waals surface area contributed by atoms with E-state index in [1.54, 1.807) is 22.6 Å². The fraction of sp³-hybridized carbons (Fsp3) is 0.250. The van der Waals surface area contributed by atoms with Crippen molar-refractivity contribution in [2.75, 3.05) is 7.11 Å². The van der Waals surface area contributed by atoms with Crippen molar-refractivity contribution < 1.29 is 32.5 Å². The first-order valence-electron chi connectivity index (χ1n) is 3.98. The predicted octanol–water partition coefficient (Wildman–Crippen LogP) is 2.29. The Labute approximate surface area is 107 Å². The van der Waals surface area contributed by atoms with Crippen LogP contribution in [-0.4, -0.2) is 29.5 Å². The average molecular weight is 363 g/mol. The van der Waals surface area contributed by atoms with E-state index in [0.717, 1.165) is 6.07 Å². The van der Waals surface area contributed by atoms with Gasteiger partial charge in [-0.15, -0.1) is 13.2 Å². The average Bonchev–Trinajstić information content (AvgIpc) is 2.17. The van der Waals surface area contributed by atoms with Gasteiger partial charge >= 0.3 is 12.3 Å². The Morgan fingerprint density at radius 1 is 1.47 bits per heavy atom. The molecule has 0 bridgehead atoms. The molecule has 0 amide bonds. The summed E-state index contributed by atoms with van der Waals surface area (Å²) in [5.41, 5.74) is -0.826. The van der Waals surface area contributed by atoms with Gasteiger partial charge < -0.3 is 14.6 Å². The van der Waals surface area contributed by atoms with Gasteiger partial charge in [-0.05, 0) is 22.6 Å². The summed E-state index contributed by atoms with van der Waals surface area (Å²) in [4.78, 5) is 14.2. The molecule has 94 valence electrons. The highest BCUT2D eigenvalue weighted by Crippen LogP contribution is 2.31. The van der Waals surface area contributed by atoms with E-state index in [2.05, 4.69) is 9.72 Å². The summed E-state index contributed by atoms with van der Waals surface area (Å²) in [7, 11) is 1.22. The van der Waals surface area contributed by atoms with Gasteiger partial charge in [0.1, 0.15) is 3.70 Å². The van der Waals surface area contributed by atoms with Crippen LogP contribution in [0.15, 0.2) is 6.07 Å². The van der Waals surface area contributed by atoms with Crippen LogP contribution in [0, 0.1) is 3.70 Å². The molecule has 1 N–H and O–H groups in total. The van der Waals surface area contributed by atoms with E-state index in [1.807, 2.05) is 0 Å². The van der Waals surface area contributed by atoms with E-state index in [1.165, 1.54) is 7.11 Å². The highest BCUT2D eigenvalue weighted by molar-refractivity contribution is 14.1. The van der Waals surface area contributed by atoms with Crippen molar-refractivity contribution in [2.45, 2.75) is 6.36 Å². The molecule has 9 heteroatoms. The molecule has 0 atom stereocenters. The summed E-state index contributed by atoms with van der Waals surface area (Å²) in [5, 5.41) is 8.70. The minimum atomic E-state index is -5.00. The molecule has 1 aromatic heterocycles. The number of aromatic nitrogens is 1. The zero-order valence-corrected chi connectivity index (χ0v) is 10.4. The highest BCUT2D eigenvalue weighted by Gasteiger charge is 2.34. The molecule has 5 nitrogen and oxygen atoms in total. The molecule has 1 rings (SSSR count). The van der Waals surface area contributed by atoms with Crippen molar-refractivity contribution in [3.8, 4) is 11.5 Å². The number of pyridine rings is 1. The summed E-state index contributed by atoms with van der Waals surface area (Å²) in [6, 6.07) is 0.825. The number of aromatic carboxylic acids is 1. The summed E-state index contributed by atoms with van der Waals surface area (Å²) < 4.78 is 44.5. The van der Waals surface area contributed by atoms with E-state index >= 15 is 0 Å². The van der Waals surface area contributed by atoms with Crippen LogP contribution in [0.5, 0.6) is 11.5 Å². The number of methoxy groups -OCH3 is 1. The number of carbonyl (C=O) groups is 1. The van der Waals surface area contributed by atoms with Gasteiger partial charge in [0.2, 0.25) is 0 Å². The minimum Gasteiger partial charge on any atom is -0.494 e. The largest absolute Gasteiger partial charge is 0.573 e. The lowest BCUT2D eigenvalue weighted by atomic mass is 10.3. The minimum absolute atomic E-state index is 0.00477. The molecule has 0 radical (unpaired) electrons. The molecule has 0 aliphatic carbocycles. The topological polar surface area (TPSA) is 68.7 Å². The fourth-order valence-corrected chi connectivity index (χ4v) is 1.57. The van der Waals surface area contributed by atoms with Crippen LogP contribution in [0.3, 0.4) is 0 Å². The monoisotopic (exact) mass is 363 g/mol. The lowest BCUT2D eigenvalue weighted by Crippen LogP contribution is -2.20. The Balaban J connectivity index is 3.29. The van der Waals surface area contributed by atoms with E-state index in [4.69, 9.17) is 9.84 Å². The Hall–Kier alpha value is -1.26. The highest BCUT2D eigenvalue weighted by atomic mass is 127. The van der Waals surface area contributed by atoms with Gasteiger partial charge in [0.15, 0.2) is 17.2 Å². The van der Waals surface area contributed by atoms with Gasteiger partial charge in [0.05, 0.1) is 7.11 Å². The van der Waals surface area contributed by atoms with Crippen molar-refractivity contribution in [1.82, 2.24) is 4.98 Å². The van der Waals surface area contributed by atoms with E-state index in [0.29, 0.717) is 0 Å². The molecule has 0 saturated heterocycles. The molecule has 1 heterocycles. The number of rotatable bonds is 3. The van der Waals surface area contributed by atoms with Crippen LogP contribution in [0.4, 0.5) is 13.2 Å². The Morgan fingerprint density at radius 3 is 2.47 bits per heavy atom. The fourth-order valence-electron chi connectivity index (χ4n) is 0.954. The summed E-state index contributed by atoms with van der Waals surface area (Å²) in [6.07, 6.45) is -5.00. The number of carboxylic acids is 1. The van der Waals surface area contributed by atoms with Gasteiger partial charge in [-0.3, -0.25) is 0 Å². The van der Waals surface area contributed by atoms with Crippen LogP contribution >= 0.6 is 22.6 Å². The summed E-state index contributed by atoms with van der Waals surface area (Å²) in [5.74, 6) is -2.54. The van der Waals surface area contributed by atoms with Crippen LogP contribution in [0.2, 0.25) is 0 Å². The maximum atomic E-state index is 12.0. The number of hydrogen-bond donors (Lipinski definition) is 1. The molecular formula is C8H5F3INO4. The number of nitrogens with zero attached hydrogens (tertiary/aromatic N) is 1. The number of ether oxygens (including phenoxy) is 2. The summed E-state index contributed by atoms with van der Waals surface area (Å²) in [6.45, 7) is 0. The van der Waals surface area contributed by atoms with Gasteiger partial charge in [-0.1, -0.05) is 0 Å². The Morgan fingerprint density at radius 2 is 2.06 bits per heavy atom. The summed E-state index contributed by atoms with van der Waals surface area (Å²) >= 11 is 1.64. The second-order valence-corrected chi connectivity index (χ2v) is 3.70. The van der Waals surface area contributed by atoms with Crippen molar-refractivity contribution >= 4 is 28.6 Å². The van der Waals surface area contributed by atoms with Crippen molar-refractivity contribution in [3.05, 3.63) is 15.5 Å². The van der Waals surface area contributed by atoms with Crippen molar-refractivity contribution in [2.24, 2.45) is 0 Å². The standard InChI is InChI=1S/C8H5F3INO4/c1-16-4-2-3(17-8(9,10)11)5(7(14)15)13-6(4)12/h2H,1H3,(H,14,15).